The Hall–Kier alpha value is -1.96. The van der Waals surface area contributed by atoms with Crippen LogP contribution in [-0.4, -0.2) is 0 Å². The van der Waals surface area contributed by atoms with E-state index < -0.39 is 0 Å². The molecule has 0 heterocycles. The van der Waals surface area contributed by atoms with Gasteiger partial charge in [-0.3, -0.25) is 0 Å². The smallest absolute Gasteiger partial charge is 0.0429 e. The van der Waals surface area contributed by atoms with Gasteiger partial charge in [0.1, 0.15) is 0 Å². The predicted molar refractivity (Wildman–Crippen MR) is 86.2 cm³/mol. The summed E-state index contributed by atoms with van der Waals surface area (Å²) in [5, 5.41) is 0. The minimum atomic E-state index is 0. The molecule has 19 heavy (non-hydrogen) atoms. The Labute approximate surface area is 116 Å². The Bertz CT molecular complexity index is 559. The van der Waals surface area contributed by atoms with Crippen LogP contribution in [0.2, 0.25) is 0 Å². The second-order valence-electron chi connectivity index (χ2n) is 4.46. The summed E-state index contributed by atoms with van der Waals surface area (Å²) in [5.41, 5.74) is 18.6. The van der Waals surface area contributed by atoms with Gasteiger partial charge in [0.2, 0.25) is 0 Å². The fraction of sp³-hybridized carbons (Fsp3) is 0.294. The molecule has 2 rings (SSSR count). The molecule has 0 saturated carbocycles. The van der Waals surface area contributed by atoms with Gasteiger partial charge in [0, 0.05) is 22.5 Å². The number of rotatable bonds is 3. The van der Waals surface area contributed by atoms with Gasteiger partial charge in [-0.15, -0.1) is 0 Å². The summed E-state index contributed by atoms with van der Waals surface area (Å²) in [6, 6.07) is 12.1. The van der Waals surface area contributed by atoms with Gasteiger partial charge in [-0.05, 0) is 30.0 Å². The molecule has 0 aromatic heterocycles. The molecule has 0 atom stereocenters. The molecule has 0 amide bonds. The average Bonchev–Trinajstić information content (AvgIpc) is 2.39. The molecule has 2 aromatic carbocycles. The van der Waals surface area contributed by atoms with Crippen molar-refractivity contribution in [2.24, 2.45) is 0 Å². The van der Waals surface area contributed by atoms with E-state index in [-0.39, 0.29) is 7.43 Å². The normalized spacial score (nSPS) is 10.0. The second-order valence-corrected chi connectivity index (χ2v) is 4.46. The molecule has 0 fully saturated rings. The highest BCUT2D eigenvalue weighted by Gasteiger charge is 2.11. The third-order valence-electron chi connectivity index (χ3n) is 3.44. The molecule has 0 aliphatic carbocycles. The van der Waals surface area contributed by atoms with E-state index in [1.165, 1.54) is 11.1 Å². The first-order valence-electron chi connectivity index (χ1n) is 6.44. The number of aryl methyl sites for hydroxylation is 1. The standard InChI is InChI=1S/C16H20N2.CH4/c1-3-11-9-10-14(16(18)12(11)4-2)13-7-5-6-8-15(13)17;/h5-10H,3-4,17-18H2,1-2H3;1H4. The van der Waals surface area contributed by atoms with Gasteiger partial charge in [0.15, 0.2) is 0 Å². The van der Waals surface area contributed by atoms with Crippen molar-refractivity contribution in [1.82, 2.24) is 0 Å². The zero-order valence-electron chi connectivity index (χ0n) is 11.0. The molecule has 0 bridgehead atoms. The van der Waals surface area contributed by atoms with Crippen molar-refractivity contribution < 1.29 is 0 Å². The number of hydrogen-bond donors (Lipinski definition) is 2. The number of nitrogens with two attached hydrogens (primary N) is 2. The topological polar surface area (TPSA) is 52.0 Å². The molecule has 0 spiro atoms. The van der Waals surface area contributed by atoms with Crippen LogP contribution in [0.1, 0.15) is 32.4 Å². The summed E-state index contributed by atoms with van der Waals surface area (Å²) in [5.74, 6) is 0. The molecule has 0 radical (unpaired) electrons. The Morgan fingerprint density at radius 1 is 0.842 bits per heavy atom. The van der Waals surface area contributed by atoms with Gasteiger partial charge >= 0.3 is 0 Å². The zero-order chi connectivity index (χ0) is 13.1. The van der Waals surface area contributed by atoms with Gasteiger partial charge in [0.25, 0.3) is 0 Å². The van der Waals surface area contributed by atoms with Crippen molar-refractivity contribution in [3.8, 4) is 11.1 Å². The van der Waals surface area contributed by atoms with Crippen molar-refractivity contribution in [1.29, 1.82) is 0 Å². The van der Waals surface area contributed by atoms with E-state index >= 15 is 0 Å². The number of benzene rings is 2. The first-order valence-corrected chi connectivity index (χ1v) is 6.44. The molecule has 0 saturated heterocycles. The Balaban J connectivity index is 0.00000180. The van der Waals surface area contributed by atoms with Crippen LogP contribution in [-0.2, 0) is 12.8 Å². The number of anilines is 2. The van der Waals surface area contributed by atoms with E-state index in [4.69, 9.17) is 11.5 Å². The van der Waals surface area contributed by atoms with Gasteiger partial charge in [-0.1, -0.05) is 51.6 Å². The second kappa shape index (κ2) is 6.28. The minimum absolute atomic E-state index is 0. The molecule has 0 unspecified atom stereocenters. The lowest BCUT2D eigenvalue weighted by Gasteiger charge is -2.15. The molecular formula is C17H24N2. The molecule has 4 N–H and O–H groups in total. The Morgan fingerprint density at radius 3 is 2.11 bits per heavy atom. The monoisotopic (exact) mass is 256 g/mol. The van der Waals surface area contributed by atoms with E-state index in [0.717, 1.165) is 35.3 Å². The van der Waals surface area contributed by atoms with Crippen molar-refractivity contribution in [3.05, 3.63) is 47.5 Å². The quantitative estimate of drug-likeness (QED) is 0.805. The molecule has 2 aromatic rings. The summed E-state index contributed by atoms with van der Waals surface area (Å²) in [6.45, 7) is 4.30. The molecule has 2 nitrogen and oxygen atoms in total. The summed E-state index contributed by atoms with van der Waals surface area (Å²) < 4.78 is 0. The van der Waals surface area contributed by atoms with Gasteiger partial charge < -0.3 is 11.5 Å². The Kier molecular flexibility index (Phi) is 4.99. The summed E-state index contributed by atoms with van der Waals surface area (Å²) >= 11 is 0. The van der Waals surface area contributed by atoms with Crippen LogP contribution < -0.4 is 11.5 Å². The fourth-order valence-corrected chi connectivity index (χ4v) is 2.44. The largest absolute Gasteiger partial charge is 0.398 e. The maximum atomic E-state index is 6.32. The summed E-state index contributed by atoms with van der Waals surface area (Å²) in [7, 11) is 0. The van der Waals surface area contributed by atoms with Crippen molar-refractivity contribution in [2.45, 2.75) is 34.1 Å². The molecule has 0 aliphatic heterocycles. The fourth-order valence-electron chi connectivity index (χ4n) is 2.44. The molecule has 0 aliphatic rings. The molecule has 2 heteroatoms. The highest BCUT2D eigenvalue weighted by atomic mass is 14.6. The van der Waals surface area contributed by atoms with Gasteiger partial charge in [-0.2, -0.15) is 0 Å². The highest BCUT2D eigenvalue weighted by Crippen LogP contribution is 2.34. The lowest BCUT2D eigenvalue weighted by Crippen LogP contribution is -2.02. The van der Waals surface area contributed by atoms with E-state index in [0.29, 0.717) is 0 Å². The van der Waals surface area contributed by atoms with Crippen molar-refractivity contribution >= 4 is 11.4 Å². The predicted octanol–water partition coefficient (Wildman–Crippen LogP) is 4.28. The van der Waals surface area contributed by atoms with E-state index in [9.17, 15) is 0 Å². The maximum Gasteiger partial charge on any atom is 0.0429 e. The van der Waals surface area contributed by atoms with Crippen LogP contribution in [0.4, 0.5) is 11.4 Å². The van der Waals surface area contributed by atoms with E-state index in [2.05, 4.69) is 26.0 Å². The van der Waals surface area contributed by atoms with Crippen LogP contribution in [0.3, 0.4) is 0 Å². The number of hydrogen-bond acceptors (Lipinski definition) is 2. The van der Waals surface area contributed by atoms with E-state index in [1.54, 1.807) is 0 Å². The van der Waals surface area contributed by atoms with Crippen LogP contribution >= 0.6 is 0 Å². The highest BCUT2D eigenvalue weighted by molar-refractivity contribution is 5.86. The van der Waals surface area contributed by atoms with Crippen LogP contribution in [0.25, 0.3) is 11.1 Å². The lowest BCUT2D eigenvalue weighted by molar-refractivity contribution is 1.04. The van der Waals surface area contributed by atoms with Crippen LogP contribution in [0, 0.1) is 0 Å². The minimum Gasteiger partial charge on any atom is -0.398 e. The average molecular weight is 256 g/mol. The SMILES string of the molecule is C.CCc1ccc(-c2ccccc2N)c(N)c1CC. The molecule has 102 valence electrons. The number of para-hydroxylation sites is 1. The first-order chi connectivity index (χ1) is 8.69. The molecular weight excluding hydrogens is 232 g/mol. The summed E-state index contributed by atoms with van der Waals surface area (Å²) in [6.07, 6.45) is 1.97. The summed E-state index contributed by atoms with van der Waals surface area (Å²) in [4.78, 5) is 0. The zero-order valence-corrected chi connectivity index (χ0v) is 11.0. The van der Waals surface area contributed by atoms with Gasteiger partial charge in [-0.25, -0.2) is 0 Å². The van der Waals surface area contributed by atoms with Gasteiger partial charge in [0.05, 0.1) is 0 Å². The van der Waals surface area contributed by atoms with Crippen LogP contribution in [0.15, 0.2) is 36.4 Å². The third-order valence-corrected chi connectivity index (χ3v) is 3.44. The number of nitrogen functional groups attached to an aromatic ring is 2. The lowest BCUT2D eigenvalue weighted by atomic mass is 9.93. The first kappa shape index (κ1) is 15.1. The maximum absolute atomic E-state index is 6.32. The van der Waals surface area contributed by atoms with E-state index in [1.807, 2.05) is 24.3 Å². The third kappa shape index (κ3) is 2.73. The van der Waals surface area contributed by atoms with Crippen molar-refractivity contribution in [2.75, 3.05) is 11.5 Å². The Morgan fingerprint density at radius 2 is 1.53 bits per heavy atom. The van der Waals surface area contributed by atoms with Crippen LogP contribution in [0.5, 0.6) is 0 Å². The van der Waals surface area contributed by atoms with Crippen molar-refractivity contribution in [3.63, 3.8) is 0 Å².